The van der Waals surface area contributed by atoms with Crippen molar-refractivity contribution in [1.82, 2.24) is 5.43 Å². The standard InChI is InChI=1S/C12H13FN2O2/c1-2-12(16)15-14-10-5-6-17-11-4-3-8(13)7-9(10)11/h3-4,7H,2,5-6H2,1H3,(H,15,16)/b14-10+. The van der Waals surface area contributed by atoms with Crippen LogP contribution >= 0.6 is 0 Å². The molecular weight excluding hydrogens is 223 g/mol. The Hall–Kier alpha value is -1.91. The van der Waals surface area contributed by atoms with Crippen LogP contribution in [0.15, 0.2) is 23.3 Å². The van der Waals surface area contributed by atoms with Gasteiger partial charge in [-0.2, -0.15) is 5.10 Å². The van der Waals surface area contributed by atoms with Gasteiger partial charge in [0.15, 0.2) is 0 Å². The zero-order chi connectivity index (χ0) is 12.3. The summed E-state index contributed by atoms with van der Waals surface area (Å²) in [6.07, 6.45) is 0.920. The fourth-order valence-electron chi connectivity index (χ4n) is 1.57. The number of fused-ring (bicyclic) bond motifs is 1. The Morgan fingerprint density at radius 2 is 2.41 bits per heavy atom. The molecule has 1 aromatic carbocycles. The number of rotatable bonds is 2. The van der Waals surface area contributed by atoms with Crippen LogP contribution in [0.3, 0.4) is 0 Å². The van der Waals surface area contributed by atoms with Gasteiger partial charge in [0.2, 0.25) is 5.91 Å². The number of carbonyl (C=O) groups is 1. The van der Waals surface area contributed by atoms with Crippen LogP contribution in [-0.4, -0.2) is 18.2 Å². The lowest BCUT2D eigenvalue weighted by Crippen LogP contribution is -2.23. The lowest BCUT2D eigenvalue weighted by molar-refractivity contribution is -0.120. The molecule has 1 N–H and O–H groups in total. The third-order valence-electron chi connectivity index (χ3n) is 2.49. The summed E-state index contributed by atoms with van der Waals surface area (Å²) in [5.74, 6) is 0.0906. The van der Waals surface area contributed by atoms with Crippen LogP contribution < -0.4 is 10.2 Å². The van der Waals surface area contributed by atoms with Crippen molar-refractivity contribution in [2.24, 2.45) is 5.10 Å². The fourth-order valence-corrected chi connectivity index (χ4v) is 1.57. The van der Waals surface area contributed by atoms with E-state index in [2.05, 4.69) is 10.5 Å². The summed E-state index contributed by atoms with van der Waals surface area (Å²) in [7, 11) is 0. The largest absolute Gasteiger partial charge is 0.492 e. The summed E-state index contributed by atoms with van der Waals surface area (Å²) >= 11 is 0. The van der Waals surface area contributed by atoms with E-state index in [0.717, 1.165) is 0 Å². The smallest absolute Gasteiger partial charge is 0.239 e. The molecule has 0 saturated carbocycles. The number of hydrogen-bond donors (Lipinski definition) is 1. The van der Waals surface area contributed by atoms with E-state index in [9.17, 15) is 9.18 Å². The average Bonchev–Trinajstić information content (AvgIpc) is 2.35. The molecule has 0 unspecified atom stereocenters. The molecule has 90 valence electrons. The highest BCUT2D eigenvalue weighted by Gasteiger charge is 2.17. The lowest BCUT2D eigenvalue weighted by Gasteiger charge is -2.18. The Balaban J connectivity index is 2.27. The molecule has 0 radical (unpaired) electrons. The normalized spacial score (nSPS) is 16.2. The van der Waals surface area contributed by atoms with Crippen molar-refractivity contribution in [2.75, 3.05) is 6.61 Å². The average molecular weight is 236 g/mol. The first-order valence-electron chi connectivity index (χ1n) is 5.49. The van der Waals surface area contributed by atoms with E-state index in [4.69, 9.17) is 4.74 Å². The summed E-state index contributed by atoms with van der Waals surface area (Å²) in [6, 6.07) is 4.28. The molecule has 17 heavy (non-hydrogen) atoms. The maximum absolute atomic E-state index is 13.1. The monoisotopic (exact) mass is 236 g/mol. The number of hydrazone groups is 1. The molecule has 0 spiro atoms. The molecule has 1 aromatic rings. The van der Waals surface area contributed by atoms with Crippen molar-refractivity contribution in [3.8, 4) is 5.75 Å². The first kappa shape index (κ1) is 11.6. The quantitative estimate of drug-likeness (QED) is 0.796. The SMILES string of the molecule is CCC(=O)N/N=C1\CCOc2ccc(F)cc21. The molecule has 0 atom stereocenters. The minimum atomic E-state index is -0.344. The number of nitrogens with zero attached hydrogens (tertiary/aromatic N) is 1. The van der Waals surface area contributed by atoms with E-state index in [1.807, 2.05) is 0 Å². The molecule has 1 aliphatic rings. The van der Waals surface area contributed by atoms with Gasteiger partial charge in [0.1, 0.15) is 11.6 Å². The second-order valence-electron chi connectivity index (χ2n) is 3.69. The molecule has 1 aliphatic heterocycles. The van der Waals surface area contributed by atoms with Crippen LogP contribution in [0.1, 0.15) is 25.3 Å². The number of carbonyl (C=O) groups excluding carboxylic acids is 1. The molecule has 0 aliphatic carbocycles. The zero-order valence-electron chi connectivity index (χ0n) is 9.50. The highest BCUT2D eigenvalue weighted by Crippen LogP contribution is 2.25. The zero-order valence-corrected chi connectivity index (χ0v) is 9.50. The van der Waals surface area contributed by atoms with E-state index < -0.39 is 0 Å². The summed E-state index contributed by atoms with van der Waals surface area (Å²) in [6.45, 7) is 2.23. The number of benzene rings is 1. The number of hydrogen-bond acceptors (Lipinski definition) is 3. The highest BCUT2D eigenvalue weighted by atomic mass is 19.1. The Labute approximate surface area is 98.5 Å². The molecule has 5 heteroatoms. The third-order valence-corrected chi connectivity index (χ3v) is 2.49. The topological polar surface area (TPSA) is 50.7 Å². The van der Waals surface area contributed by atoms with E-state index in [1.54, 1.807) is 13.0 Å². The lowest BCUT2D eigenvalue weighted by atomic mass is 10.0. The van der Waals surface area contributed by atoms with Gasteiger partial charge >= 0.3 is 0 Å². The summed E-state index contributed by atoms with van der Waals surface area (Å²) in [5.41, 5.74) is 3.68. The van der Waals surface area contributed by atoms with Gasteiger partial charge in [-0.15, -0.1) is 0 Å². The summed E-state index contributed by atoms with van der Waals surface area (Å²) in [4.78, 5) is 11.1. The Morgan fingerprint density at radius 3 is 3.18 bits per heavy atom. The van der Waals surface area contributed by atoms with Gasteiger partial charge in [-0.1, -0.05) is 6.92 Å². The van der Waals surface area contributed by atoms with E-state index in [-0.39, 0.29) is 11.7 Å². The predicted octanol–water partition coefficient (Wildman–Crippen LogP) is 1.84. The van der Waals surface area contributed by atoms with Crippen molar-refractivity contribution >= 4 is 11.6 Å². The molecular formula is C12H13FN2O2. The number of nitrogens with one attached hydrogen (secondary N) is 1. The number of ether oxygens (including phenoxy) is 1. The number of halogens is 1. The van der Waals surface area contributed by atoms with E-state index in [1.165, 1.54) is 12.1 Å². The van der Waals surface area contributed by atoms with Crippen LogP contribution in [0.4, 0.5) is 4.39 Å². The van der Waals surface area contributed by atoms with Crippen LogP contribution in [0.25, 0.3) is 0 Å². The fraction of sp³-hybridized carbons (Fsp3) is 0.333. The van der Waals surface area contributed by atoms with Gasteiger partial charge in [0.05, 0.1) is 12.3 Å². The van der Waals surface area contributed by atoms with Crippen molar-refractivity contribution < 1.29 is 13.9 Å². The van der Waals surface area contributed by atoms with E-state index in [0.29, 0.717) is 36.5 Å². The minimum Gasteiger partial charge on any atom is -0.492 e. The van der Waals surface area contributed by atoms with Gasteiger partial charge in [-0.05, 0) is 18.2 Å². The number of amides is 1. The van der Waals surface area contributed by atoms with Crippen molar-refractivity contribution in [3.05, 3.63) is 29.6 Å². The minimum absolute atomic E-state index is 0.165. The summed E-state index contributed by atoms with van der Waals surface area (Å²) in [5, 5.41) is 4.01. The van der Waals surface area contributed by atoms with Gasteiger partial charge in [-0.3, -0.25) is 4.79 Å². The second kappa shape index (κ2) is 4.95. The summed E-state index contributed by atoms with van der Waals surface area (Å²) < 4.78 is 18.5. The van der Waals surface area contributed by atoms with Gasteiger partial charge in [0.25, 0.3) is 0 Å². The van der Waals surface area contributed by atoms with Crippen molar-refractivity contribution in [1.29, 1.82) is 0 Å². The molecule has 0 bridgehead atoms. The molecule has 0 fully saturated rings. The maximum Gasteiger partial charge on any atom is 0.239 e. The van der Waals surface area contributed by atoms with Crippen molar-refractivity contribution in [2.45, 2.75) is 19.8 Å². The molecule has 1 heterocycles. The predicted molar refractivity (Wildman–Crippen MR) is 61.5 cm³/mol. The highest BCUT2D eigenvalue weighted by molar-refractivity contribution is 6.04. The van der Waals surface area contributed by atoms with Gasteiger partial charge < -0.3 is 4.74 Å². The van der Waals surface area contributed by atoms with E-state index >= 15 is 0 Å². The molecule has 2 rings (SSSR count). The Morgan fingerprint density at radius 1 is 1.59 bits per heavy atom. The van der Waals surface area contributed by atoms with Crippen LogP contribution in [0.2, 0.25) is 0 Å². The molecule has 0 aromatic heterocycles. The third kappa shape index (κ3) is 2.61. The molecule has 0 saturated heterocycles. The van der Waals surface area contributed by atoms with Gasteiger partial charge in [-0.25, -0.2) is 9.82 Å². The maximum atomic E-state index is 13.1. The Bertz CT molecular complexity index is 472. The van der Waals surface area contributed by atoms with Gasteiger partial charge in [0, 0.05) is 18.4 Å². The first-order chi connectivity index (χ1) is 8.20. The second-order valence-corrected chi connectivity index (χ2v) is 3.69. The van der Waals surface area contributed by atoms with Crippen molar-refractivity contribution in [3.63, 3.8) is 0 Å². The van der Waals surface area contributed by atoms with Crippen LogP contribution in [0, 0.1) is 5.82 Å². The Kier molecular flexibility index (Phi) is 3.37. The van der Waals surface area contributed by atoms with Crippen LogP contribution in [0.5, 0.6) is 5.75 Å². The first-order valence-corrected chi connectivity index (χ1v) is 5.49. The van der Waals surface area contributed by atoms with Crippen LogP contribution in [-0.2, 0) is 4.79 Å². The molecule has 4 nitrogen and oxygen atoms in total. The molecule has 1 amide bonds.